The van der Waals surface area contributed by atoms with Gasteiger partial charge in [0, 0.05) is 80.6 Å². The summed E-state index contributed by atoms with van der Waals surface area (Å²) in [5.74, 6) is -4.49. The number of methoxy groups -OCH3 is 3. The molecule has 0 aliphatic heterocycles. The largest absolute Gasteiger partial charge is 0.383 e. The third kappa shape index (κ3) is 23.9. The highest BCUT2D eigenvalue weighted by molar-refractivity contribution is 5.95. The molecule has 0 radical (unpaired) electrons. The van der Waals surface area contributed by atoms with Crippen LogP contribution in [0.2, 0.25) is 0 Å². The number of rotatable bonds is 41. The molecule has 4 aromatic rings. The Bertz CT molecular complexity index is 2790. The van der Waals surface area contributed by atoms with Gasteiger partial charge in [0.1, 0.15) is 12.3 Å². The topological polar surface area (TPSA) is 285 Å². The van der Waals surface area contributed by atoms with Gasteiger partial charge >= 0.3 is 0 Å². The van der Waals surface area contributed by atoms with Crippen LogP contribution in [0.15, 0.2) is 84.9 Å². The number of fused-ring (bicyclic) bond motifs is 2. The molecular weight excluding hydrogens is 1090 g/mol. The molecule has 0 aromatic heterocycles. The molecule has 23 nitrogen and oxygen atoms in total. The van der Waals surface area contributed by atoms with E-state index in [1.165, 1.54) is 74.4 Å². The summed E-state index contributed by atoms with van der Waals surface area (Å²) in [5.41, 5.74) is 19.1. The summed E-state index contributed by atoms with van der Waals surface area (Å²) in [6, 6.07) is 26.7. The fourth-order valence-corrected chi connectivity index (χ4v) is 9.60. The fraction of sp³-hybridized carbons (Fsp3) is 0.532. The monoisotopic (exact) mass is 1180 g/mol. The van der Waals surface area contributed by atoms with E-state index < -0.39 is 74.1 Å². The molecular formula is C62H91N11O12. The first-order chi connectivity index (χ1) is 41.0. The van der Waals surface area contributed by atoms with Gasteiger partial charge in [-0.15, -0.1) is 0 Å². The van der Waals surface area contributed by atoms with E-state index >= 15 is 4.79 Å². The molecule has 0 saturated carbocycles. The minimum Gasteiger partial charge on any atom is -0.383 e. The van der Waals surface area contributed by atoms with E-state index in [0.717, 1.165) is 27.1 Å². The summed E-state index contributed by atoms with van der Waals surface area (Å²) >= 11 is 0. The molecule has 23 heteroatoms. The Hall–Kier alpha value is -7.41. The van der Waals surface area contributed by atoms with Crippen LogP contribution < -0.4 is 17.2 Å². The number of benzene rings is 4. The summed E-state index contributed by atoms with van der Waals surface area (Å²) in [4.78, 5) is 137. The van der Waals surface area contributed by atoms with Crippen LogP contribution in [-0.4, -0.2) is 245 Å². The van der Waals surface area contributed by atoms with Crippen molar-refractivity contribution in [2.45, 2.75) is 65.5 Å². The Morgan fingerprint density at radius 3 is 0.953 bits per heavy atom. The molecule has 0 aliphatic rings. The van der Waals surface area contributed by atoms with E-state index in [1.54, 1.807) is 0 Å². The van der Waals surface area contributed by atoms with Gasteiger partial charge in [-0.05, 0) is 97.8 Å². The van der Waals surface area contributed by atoms with Gasteiger partial charge in [-0.2, -0.15) is 0 Å². The Kier molecular flexibility index (Phi) is 31.8. The number of carbonyl (C=O) groups excluding carboxylic acids is 9. The van der Waals surface area contributed by atoms with Crippen molar-refractivity contribution >= 4 is 74.6 Å². The molecule has 4 rings (SSSR count). The lowest BCUT2D eigenvalue weighted by molar-refractivity contribution is -0.149. The summed E-state index contributed by atoms with van der Waals surface area (Å²) in [6.07, 6.45) is 2.94. The van der Waals surface area contributed by atoms with Crippen molar-refractivity contribution in [3.63, 3.8) is 0 Å². The first kappa shape index (κ1) is 70.1. The first-order valence-corrected chi connectivity index (χ1v) is 29.2. The summed E-state index contributed by atoms with van der Waals surface area (Å²) in [5, 5.41) is 3.59. The van der Waals surface area contributed by atoms with Crippen molar-refractivity contribution in [1.82, 2.24) is 39.2 Å². The van der Waals surface area contributed by atoms with Gasteiger partial charge < -0.3 is 70.6 Å². The van der Waals surface area contributed by atoms with Gasteiger partial charge in [0.25, 0.3) is 0 Å². The Labute approximate surface area is 500 Å². The molecule has 0 fully saturated rings. The molecule has 0 unspecified atom stereocenters. The van der Waals surface area contributed by atoms with Gasteiger partial charge in [0.05, 0.1) is 65.6 Å². The van der Waals surface area contributed by atoms with E-state index in [4.69, 9.17) is 31.4 Å². The van der Waals surface area contributed by atoms with Crippen molar-refractivity contribution in [2.75, 3.05) is 152 Å². The number of ether oxygens (including phenoxy) is 3. The summed E-state index contributed by atoms with van der Waals surface area (Å²) < 4.78 is 15.9. The van der Waals surface area contributed by atoms with Gasteiger partial charge in [-0.25, -0.2) is 0 Å². The zero-order chi connectivity index (χ0) is 62.1. The van der Waals surface area contributed by atoms with Crippen molar-refractivity contribution in [2.24, 2.45) is 17.2 Å². The lowest BCUT2D eigenvalue weighted by atomic mass is 10.0. The first-order valence-electron chi connectivity index (χ1n) is 29.2. The average molecular weight is 1180 g/mol. The molecule has 466 valence electrons. The van der Waals surface area contributed by atoms with E-state index in [0.29, 0.717) is 63.7 Å². The number of ketones is 1. The zero-order valence-corrected chi connectivity index (χ0v) is 50.6. The van der Waals surface area contributed by atoms with Gasteiger partial charge in [-0.1, -0.05) is 84.9 Å². The number of hydrogen-bond donors (Lipinski definition) is 3. The minimum atomic E-state index is -0.616. The minimum absolute atomic E-state index is 0.0202. The van der Waals surface area contributed by atoms with Crippen molar-refractivity contribution in [1.29, 1.82) is 0 Å². The van der Waals surface area contributed by atoms with Crippen LogP contribution in [-0.2, 0) is 70.5 Å². The maximum Gasteiger partial charge on any atom is 0.242 e. The van der Waals surface area contributed by atoms with Crippen LogP contribution in [0.3, 0.4) is 0 Å². The Morgan fingerprint density at radius 2 is 0.624 bits per heavy atom. The number of amides is 8. The third-order valence-corrected chi connectivity index (χ3v) is 14.4. The van der Waals surface area contributed by atoms with E-state index in [-0.39, 0.29) is 104 Å². The summed E-state index contributed by atoms with van der Waals surface area (Å²) in [6.45, 7) is 1.09. The van der Waals surface area contributed by atoms with Crippen molar-refractivity contribution < 1.29 is 57.4 Å². The zero-order valence-electron chi connectivity index (χ0n) is 50.6. The standard InChI is InChI=1S/C62H91N11O12/c1-48(74)38-72(39-52-22-16-20-50-18-6-8-24-54(50)52)61(81)45-68(30-14-11-27-64)58(78)44-71(34-37-85-5)60(80)47-73(40-53-23-17-21-51-19-7-9-25-55(51)53)62(82)46-69(31-15-12-28-65)57(77)43-70(33-36-84-4)59(79)42-67(29-13-10-26-63)56(76)41-66(49(2)75)32-35-83-3/h6-9,16-25H,10-15,26-47,63-65H2,1-5H3. The molecule has 0 atom stereocenters. The van der Waals surface area contributed by atoms with Crippen molar-refractivity contribution in [3.05, 3.63) is 96.1 Å². The van der Waals surface area contributed by atoms with E-state index in [1.807, 2.05) is 84.9 Å². The molecule has 8 amide bonds. The van der Waals surface area contributed by atoms with Crippen LogP contribution in [0, 0.1) is 0 Å². The van der Waals surface area contributed by atoms with E-state index in [2.05, 4.69) is 0 Å². The smallest absolute Gasteiger partial charge is 0.242 e. The lowest BCUT2D eigenvalue weighted by Gasteiger charge is -2.33. The highest BCUT2D eigenvalue weighted by Gasteiger charge is 2.31. The average Bonchev–Trinajstić information content (AvgIpc) is 3.64. The predicted molar refractivity (Wildman–Crippen MR) is 325 cm³/mol. The molecule has 6 N–H and O–H groups in total. The number of Topliss-reactive ketones (excluding diaryl/α,β-unsaturated/α-hetero) is 1. The van der Waals surface area contributed by atoms with Gasteiger partial charge in [0.2, 0.25) is 47.3 Å². The molecule has 0 spiro atoms. The van der Waals surface area contributed by atoms with Crippen LogP contribution in [0.4, 0.5) is 0 Å². The lowest BCUT2D eigenvalue weighted by Crippen LogP contribution is -2.53. The number of hydrogen-bond acceptors (Lipinski definition) is 15. The molecule has 4 aromatic carbocycles. The quantitative estimate of drug-likeness (QED) is 0.0537. The van der Waals surface area contributed by atoms with Gasteiger partial charge in [-0.3, -0.25) is 43.2 Å². The third-order valence-electron chi connectivity index (χ3n) is 14.4. The normalized spacial score (nSPS) is 11.1. The number of nitrogens with two attached hydrogens (primary N) is 3. The molecule has 0 heterocycles. The second-order valence-electron chi connectivity index (χ2n) is 21.0. The molecule has 85 heavy (non-hydrogen) atoms. The Balaban J connectivity index is 1.66. The highest BCUT2D eigenvalue weighted by Crippen LogP contribution is 2.22. The number of unbranched alkanes of at least 4 members (excludes halogenated alkanes) is 3. The molecule has 0 saturated heterocycles. The number of nitrogens with zero attached hydrogens (tertiary/aromatic N) is 8. The SMILES string of the molecule is COCCN(CC(=O)N(CCCCN)CC(=O)N(CCOC)CC(=O)N(CCCCN)CC(=O)N(CC(=O)N(CCOC)CC(=O)N(CCCCN)CC(=O)N(CC(C)=O)Cc1cccc2ccccc12)Cc1cccc2ccccc12)C(C)=O. The Morgan fingerprint density at radius 1 is 0.341 bits per heavy atom. The van der Waals surface area contributed by atoms with Crippen molar-refractivity contribution in [3.8, 4) is 0 Å². The van der Waals surface area contributed by atoms with Crippen LogP contribution in [0.25, 0.3) is 21.5 Å². The van der Waals surface area contributed by atoms with Gasteiger partial charge in [0.15, 0.2) is 0 Å². The molecule has 0 bridgehead atoms. The second kappa shape index (κ2) is 38.5. The van der Waals surface area contributed by atoms with Crippen LogP contribution in [0.1, 0.15) is 63.5 Å². The fourth-order valence-electron chi connectivity index (χ4n) is 9.60. The number of carbonyl (C=O) groups is 9. The molecule has 0 aliphatic carbocycles. The predicted octanol–water partition coefficient (Wildman–Crippen LogP) is 2.09. The highest BCUT2D eigenvalue weighted by atomic mass is 16.5. The summed E-state index contributed by atoms with van der Waals surface area (Å²) in [7, 11) is 4.38. The van der Waals surface area contributed by atoms with Crippen LogP contribution in [0.5, 0.6) is 0 Å². The maximum absolute atomic E-state index is 15.1. The van der Waals surface area contributed by atoms with Crippen LogP contribution >= 0.6 is 0 Å². The maximum atomic E-state index is 15.1. The second-order valence-corrected chi connectivity index (χ2v) is 21.0. The van der Waals surface area contributed by atoms with E-state index in [9.17, 15) is 38.4 Å².